The van der Waals surface area contributed by atoms with Gasteiger partial charge < -0.3 is 10.6 Å². The van der Waals surface area contributed by atoms with Crippen molar-refractivity contribution in [1.82, 2.24) is 10.6 Å². The van der Waals surface area contributed by atoms with Crippen LogP contribution < -0.4 is 10.6 Å². The van der Waals surface area contributed by atoms with Crippen molar-refractivity contribution >= 4 is 29.1 Å². The smallest absolute Gasteiger partial charge is 0.288 e. The van der Waals surface area contributed by atoms with E-state index in [1.54, 1.807) is 13.8 Å². The lowest BCUT2D eigenvalue weighted by atomic mass is 10.1. The van der Waals surface area contributed by atoms with E-state index in [1.807, 2.05) is 0 Å². The molecule has 21 heavy (non-hydrogen) atoms. The normalized spacial score (nSPS) is 11.9. The molecule has 0 radical (unpaired) electrons. The molecule has 0 saturated carbocycles. The van der Waals surface area contributed by atoms with Gasteiger partial charge in [0.15, 0.2) is 0 Å². The lowest BCUT2D eigenvalue weighted by Gasteiger charge is -2.16. The van der Waals surface area contributed by atoms with Gasteiger partial charge in [0.25, 0.3) is 11.6 Å². The van der Waals surface area contributed by atoms with E-state index in [4.69, 9.17) is 11.6 Å². The van der Waals surface area contributed by atoms with Crippen molar-refractivity contribution in [3.63, 3.8) is 0 Å². The topological polar surface area (TPSA) is 101 Å². The van der Waals surface area contributed by atoms with Gasteiger partial charge in [-0.25, -0.2) is 0 Å². The van der Waals surface area contributed by atoms with Gasteiger partial charge in [0.1, 0.15) is 11.1 Å². The Morgan fingerprint density at radius 2 is 1.86 bits per heavy atom. The summed E-state index contributed by atoms with van der Waals surface area (Å²) in [6, 6.07) is 2.90. The highest BCUT2D eigenvalue weighted by atomic mass is 35.5. The molecule has 0 aliphatic carbocycles. The molecule has 8 heteroatoms. The van der Waals surface area contributed by atoms with E-state index >= 15 is 0 Å². The van der Waals surface area contributed by atoms with Crippen LogP contribution in [0.3, 0.4) is 0 Å². The molecule has 0 bridgehead atoms. The first-order chi connectivity index (χ1) is 9.72. The number of halogens is 1. The molecule has 7 nitrogen and oxygen atoms in total. The van der Waals surface area contributed by atoms with E-state index < -0.39 is 16.9 Å². The summed E-state index contributed by atoms with van der Waals surface area (Å²) in [5.74, 6) is -0.914. The Kier molecular flexibility index (Phi) is 5.66. The molecule has 2 N–H and O–H groups in total. The van der Waals surface area contributed by atoms with Crippen LogP contribution in [-0.4, -0.2) is 28.8 Å². The average molecular weight is 314 g/mol. The quantitative estimate of drug-likeness (QED) is 0.640. The first kappa shape index (κ1) is 16.9. The molecule has 0 aliphatic rings. The zero-order valence-electron chi connectivity index (χ0n) is 11.8. The fourth-order valence-electron chi connectivity index (χ4n) is 1.55. The van der Waals surface area contributed by atoms with Crippen LogP contribution in [0.15, 0.2) is 18.2 Å². The monoisotopic (exact) mass is 313 g/mol. The summed E-state index contributed by atoms with van der Waals surface area (Å²) in [5, 5.41) is 15.8. The SMILES string of the molecule is CC(C)NC(=O)C(C)NC(=O)c1ccc(Cl)c([N+](=O)[O-])c1. The number of hydrogen-bond acceptors (Lipinski definition) is 4. The lowest BCUT2D eigenvalue weighted by Crippen LogP contribution is -2.46. The maximum atomic E-state index is 12.0. The van der Waals surface area contributed by atoms with Crippen molar-refractivity contribution in [1.29, 1.82) is 0 Å². The number of benzene rings is 1. The second-order valence-electron chi connectivity index (χ2n) is 4.78. The number of nitro benzene ring substituents is 1. The number of nitro groups is 1. The van der Waals surface area contributed by atoms with Crippen molar-refractivity contribution in [2.75, 3.05) is 0 Å². The van der Waals surface area contributed by atoms with Crippen LogP contribution in [-0.2, 0) is 4.79 Å². The Morgan fingerprint density at radius 3 is 2.38 bits per heavy atom. The van der Waals surface area contributed by atoms with Crippen LogP contribution >= 0.6 is 11.6 Å². The molecule has 0 heterocycles. The molecule has 1 rings (SSSR count). The number of carbonyl (C=O) groups is 2. The van der Waals surface area contributed by atoms with Crippen molar-refractivity contribution in [3.8, 4) is 0 Å². The van der Waals surface area contributed by atoms with Crippen molar-refractivity contribution in [2.45, 2.75) is 32.9 Å². The van der Waals surface area contributed by atoms with Crippen molar-refractivity contribution in [3.05, 3.63) is 38.9 Å². The van der Waals surface area contributed by atoms with Crippen LogP contribution in [0.5, 0.6) is 0 Å². The second-order valence-corrected chi connectivity index (χ2v) is 5.19. The van der Waals surface area contributed by atoms with E-state index in [9.17, 15) is 19.7 Å². The van der Waals surface area contributed by atoms with Gasteiger partial charge in [-0.3, -0.25) is 19.7 Å². The summed E-state index contributed by atoms with van der Waals surface area (Å²) in [7, 11) is 0. The standard InChI is InChI=1S/C13H16ClN3O4/c1-7(2)15-12(18)8(3)16-13(19)9-4-5-10(14)11(6-9)17(20)21/h4-8H,1-3H3,(H,15,18)(H,16,19). The second kappa shape index (κ2) is 7.03. The summed E-state index contributed by atoms with van der Waals surface area (Å²) in [6.45, 7) is 5.13. The average Bonchev–Trinajstić information content (AvgIpc) is 2.37. The van der Waals surface area contributed by atoms with Gasteiger partial charge in [-0.15, -0.1) is 0 Å². The van der Waals surface area contributed by atoms with Gasteiger partial charge in [0.05, 0.1) is 4.92 Å². The summed E-state index contributed by atoms with van der Waals surface area (Å²) in [6.07, 6.45) is 0. The predicted octanol–water partition coefficient (Wildman–Crippen LogP) is 1.89. The summed E-state index contributed by atoms with van der Waals surface area (Å²) >= 11 is 5.67. The van der Waals surface area contributed by atoms with E-state index in [2.05, 4.69) is 10.6 Å². The van der Waals surface area contributed by atoms with E-state index in [0.717, 1.165) is 6.07 Å². The Labute approximate surface area is 126 Å². The zero-order valence-corrected chi connectivity index (χ0v) is 12.6. The molecular weight excluding hydrogens is 298 g/mol. The highest BCUT2D eigenvalue weighted by molar-refractivity contribution is 6.32. The zero-order chi connectivity index (χ0) is 16.2. The third kappa shape index (κ3) is 4.71. The molecule has 1 aromatic rings. The number of amides is 2. The van der Waals surface area contributed by atoms with Gasteiger partial charge in [0.2, 0.25) is 5.91 Å². The molecule has 0 spiro atoms. The maximum absolute atomic E-state index is 12.0. The highest BCUT2D eigenvalue weighted by Gasteiger charge is 2.20. The highest BCUT2D eigenvalue weighted by Crippen LogP contribution is 2.24. The van der Waals surface area contributed by atoms with Crippen LogP contribution in [0, 0.1) is 10.1 Å². The molecule has 114 valence electrons. The van der Waals surface area contributed by atoms with Gasteiger partial charge in [-0.05, 0) is 32.9 Å². The predicted molar refractivity (Wildman–Crippen MR) is 78.3 cm³/mol. The Morgan fingerprint density at radius 1 is 1.24 bits per heavy atom. The van der Waals surface area contributed by atoms with E-state index in [-0.39, 0.29) is 28.2 Å². The molecule has 0 aromatic heterocycles. The van der Waals surface area contributed by atoms with E-state index in [1.165, 1.54) is 19.1 Å². The third-order valence-electron chi connectivity index (χ3n) is 2.58. The summed E-state index contributed by atoms with van der Waals surface area (Å²) in [4.78, 5) is 33.8. The minimum atomic E-state index is -0.755. The number of hydrogen-bond donors (Lipinski definition) is 2. The Balaban J connectivity index is 2.83. The Hall–Kier alpha value is -2.15. The molecule has 1 atom stereocenters. The van der Waals surface area contributed by atoms with Crippen LogP contribution in [0.25, 0.3) is 0 Å². The van der Waals surface area contributed by atoms with Crippen molar-refractivity contribution < 1.29 is 14.5 Å². The van der Waals surface area contributed by atoms with Crippen LogP contribution in [0.4, 0.5) is 5.69 Å². The largest absolute Gasteiger partial charge is 0.352 e. The molecule has 0 saturated heterocycles. The van der Waals surface area contributed by atoms with Crippen LogP contribution in [0.1, 0.15) is 31.1 Å². The maximum Gasteiger partial charge on any atom is 0.288 e. The molecule has 1 aromatic carbocycles. The van der Waals surface area contributed by atoms with Crippen molar-refractivity contribution in [2.24, 2.45) is 0 Å². The van der Waals surface area contributed by atoms with Gasteiger partial charge in [-0.2, -0.15) is 0 Å². The fraction of sp³-hybridized carbons (Fsp3) is 0.385. The molecule has 0 aliphatic heterocycles. The molecule has 1 unspecified atom stereocenters. The first-order valence-electron chi connectivity index (χ1n) is 6.27. The Bertz CT molecular complexity index is 575. The van der Waals surface area contributed by atoms with E-state index in [0.29, 0.717) is 0 Å². The first-order valence-corrected chi connectivity index (χ1v) is 6.65. The number of rotatable bonds is 5. The minimum Gasteiger partial charge on any atom is -0.352 e. The van der Waals surface area contributed by atoms with Gasteiger partial charge in [-0.1, -0.05) is 11.6 Å². The lowest BCUT2D eigenvalue weighted by molar-refractivity contribution is -0.384. The fourth-order valence-corrected chi connectivity index (χ4v) is 1.74. The number of nitrogens with one attached hydrogen (secondary N) is 2. The molecule has 0 fully saturated rings. The number of carbonyl (C=O) groups excluding carboxylic acids is 2. The van der Waals surface area contributed by atoms with Gasteiger partial charge in [0, 0.05) is 17.7 Å². The minimum absolute atomic E-state index is 0.0477. The summed E-state index contributed by atoms with van der Waals surface area (Å²) < 4.78 is 0. The molecular formula is C13H16ClN3O4. The van der Waals surface area contributed by atoms with Gasteiger partial charge >= 0.3 is 0 Å². The number of nitrogens with zero attached hydrogens (tertiary/aromatic N) is 1. The molecule has 2 amide bonds. The summed E-state index contributed by atoms with van der Waals surface area (Å²) in [5.41, 5.74) is -0.293. The van der Waals surface area contributed by atoms with Crippen LogP contribution in [0.2, 0.25) is 5.02 Å². The third-order valence-corrected chi connectivity index (χ3v) is 2.90.